The lowest BCUT2D eigenvalue weighted by Gasteiger charge is -2.20. The average molecular weight is 157 g/mol. The third kappa shape index (κ3) is 1.93. The molecule has 64 valence electrons. The molecule has 1 N–H and O–H groups in total. The van der Waals surface area contributed by atoms with Gasteiger partial charge in [-0.15, -0.1) is 0 Å². The van der Waals surface area contributed by atoms with Gasteiger partial charge in [-0.25, -0.2) is 4.99 Å². The van der Waals surface area contributed by atoms with E-state index in [4.69, 9.17) is 4.74 Å². The lowest BCUT2D eigenvalue weighted by Crippen LogP contribution is -2.35. The van der Waals surface area contributed by atoms with E-state index >= 15 is 0 Å². The van der Waals surface area contributed by atoms with Crippen LogP contribution in [-0.4, -0.2) is 29.3 Å². The van der Waals surface area contributed by atoms with Crippen LogP contribution in [0.2, 0.25) is 0 Å². The monoisotopic (exact) mass is 157 g/mol. The van der Waals surface area contributed by atoms with Crippen LogP contribution < -0.4 is 0 Å². The number of hydrogen-bond acceptors (Lipinski definition) is 3. The summed E-state index contributed by atoms with van der Waals surface area (Å²) in [6, 6.07) is -0.0857. The van der Waals surface area contributed by atoms with Crippen LogP contribution in [0.25, 0.3) is 0 Å². The predicted molar refractivity (Wildman–Crippen MR) is 43.8 cm³/mol. The lowest BCUT2D eigenvalue weighted by atomic mass is 10.0. The Labute approximate surface area is 67.1 Å². The molecule has 0 aromatic rings. The largest absolute Gasteiger partial charge is 0.479 e. The fraction of sp³-hybridized carbons (Fsp3) is 0.875. The highest BCUT2D eigenvalue weighted by molar-refractivity contribution is 5.77. The molecule has 0 aliphatic carbocycles. The van der Waals surface area contributed by atoms with Crippen molar-refractivity contribution in [3.63, 3.8) is 0 Å². The van der Waals surface area contributed by atoms with Crippen molar-refractivity contribution in [1.82, 2.24) is 0 Å². The molecular formula is C8H15NO2. The Hall–Kier alpha value is -0.570. The summed E-state index contributed by atoms with van der Waals surface area (Å²) in [5, 5.41) is 9.54. The number of hydrogen-bond donors (Lipinski definition) is 1. The number of rotatable bonds is 2. The van der Waals surface area contributed by atoms with Gasteiger partial charge in [0.25, 0.3) is 0 Å². The molecule has 0 aromatic heterocycles. The summed E-state index contributed by atoms with van der Waals surface area (Å²) in [7, 11) is 0. The van der Waals surface area contributed by atoms with Gasteiger partial charge in [-0.3, -0.25) is 0 Å². The van der Waals surface area contributed by atoms with Crippen LogP contribution in [0.5, 0.6) is 0 Å². The van der Waals surface area contributed by atoms with Gasteiger partial charge in [0, 0.05) is 6.42 Å². The second-order valence-corrected chi connectivity index (χ2v) is 3.36. The maximum Gasteiger partial charge on any atom is 0.183 e. The number of aliphatic hydroxyl groups is 1. The molecule has 3 heteroatoms. The molecule has 11 heavy (non-hydrogen) atoms. The first-order chi connectivity index (χ1) is 5.04. The van der Waals surface area contributed by atoms with Gasteiger partial charge < -0.3 is 9.84 Å². The molecule has 1 aliphatic heterocycles. The van der Waals surface area contributed by atoms with Crippen molar-refractivity contribution < 1.29 is 9.84 Å². The van der Waals surface area contributed by atoms with E-state index in [1.165, 1.54) is 0 Å². The van der Waals surface area contributed by atoms with Crippen molar-refractivity contribution in [2.75, 3.05) is 6.61 Å². The quantitative estimate of drug-likeness (QED) is 0.648. The molecule has 0 aromatic carbocycles. The molecule has 0 radical (unpaired) electrons. The van der Waals surface area contributed by atoms with E-state index in [0.717, 1.165) is 12.3 Å². The molecule has 0 unspecified atom stereocenters. The van der Waals surface area contributed by atoms with Gasteiger partial charge in [-0.1, -0.05) is 6.92 Å². The summed E-state index contributed by atoms with van der Waals surface area (Å²) < 4.78 is 5.23. The van der Waals surface area contributed by atoms with Crippen molar-refractivity contribution in [1.29, 1.82) is 0 Å². The smallest absolute Gasteiger partial charge is 0.183 e. The number of aliphatic imine (C=N–C) groups is 1. The Kier molecular flexibility index (Phi) is 2.18. The van der Waals surface area contributed by atoms with Crippen LogP contribution in [0.15, 0.2) is 4.99 Å². The molecule has 3 nitrogen and oxygen atoms in total. The molecule has 0 spiro atoms. The summed E-state index contributed by atoms with van der Waals surface area (Å²) in [5.74, 6) is 0.761. The first-order valence-electron chi connectivity index (χ1n) is 3.96. The third-order valence-electron chi connectivity index (χ3n) is 1.83. The first kappa shape index (κ1) is 8.53. The lowest BCUT2D eigenvalue weighted by molar-refractivity contribution is 0.0435. The van der Waals surface area contributed by atoms with Crippen molar-refractivity contribution in [3.8, 4) is 0 Å². The Morgan fingerprint density at radius 1 is 1.73 bits per heavy atom. The summed E-state index contributed by atoms with van der Waals surface area (Å²) >= 11 is 0. The highest BCUT2D eigenvalue weighted by Gasteiger charge is 2.31. The van der Waals surface area contributed by atoms with E-state index in [-0.39, 0.29) is 6.04 Å². The Morgan fingerprint density at radius 3 is 2.64 bits per heavy atom. The summed E-state index contributed by atoms with van der Waals surface area (Å²) in [4.78, 5) is 4.22. The van der Waals surface area contributed by atoms with E-state index in [1.54, 1.807) is 13.8 Å². The van der Waals surface area contributed by atoms with E-state index in [9.17, 15) is 5.11 Å². The first-order valence-corrected chi connectivity index (χ1v) is 3.96. The normalized spacial score (nSPS) is 24.7. The summed E-state index contributed by atoms with van der Waals surface area (Å²) in [6.45, 7) is 6.02. The second-order valence-electron chi connectivity index (χ2n) is 3.36. The third-order valence-corrected chi connectivity index (χ3v) is 1.83. The van der Waals surface area contributed by atoms with Gasteiger partial charge in [0.15, 0.2) is 5.90 Å². The van der Waals surface area contributed by atoms with Crippen LogP contribution in [0, 0.1) is 0 Å². The average Bonchev–Trinajstić information content (AvgIpc) is 2.32. The predicted octanol–water partition coefficient (Wildman–Crippen LogP) is 0.965. The van der Waals surface area contributed by atoms with Gasteiger partial charge in [0.05, 0.1) is 5.60 Å². The van der Waals surface area contributed by atoms with E-state index in [2.05, 4.69) is 4.99 Å². The fourth-order valence-corrected chi connectivity index (χ4v) is 0.979. The van der Waals surface area contributed by atoms with Gasteiger partial charge in [0.2, 0.25) is 0 Å². The summed E-state index contributed by atoms with van der Waals surface area (Å²) in [6.07, 6.45) is 0.812. The van der Waals surface area contributed by atoms with Crippen molar-refractivity contribution >= 4 is 5.90 Å². The molecule has 1 heterocycles. The molecule has 0 saturated carbocycles. The number of nitrogens with zero attached hydrogens (tertiary/aromatic N) is 1. The van der Waals surface area contributed by atoms with Crippen molar-refractivity contribution in [2.45, 2.75) is 38.8 Å². The van der Waals surface area contributed by atoms with Crippen LogP contribution in [0.1, 0.15) is 27.2 Å². The van der Waals surface area contributed by atoms with E-state index in [0.29, 0.717) is 6.61 Å². The minimum absolute atomic E-state index is 0.0857. The van der Waals surface area contributed by atoms with Crippen molar-refractivity contribution in [3.05, 3.63) is 0 Å². The zero-order valence-corrected chi connectivity index (χ0v) is 7.29. The van der Waals surface area contributed by atoms with Crippen LogP contribution in [0.4, 0.5) is 0 Å². The standard InChI is InChI=1S/C8H15NO2/c1-4-7-9-6(5-11-7)8(2,3)10/h6,10H,4-5H2,1-3H3/t6-/m1/s1. The zero-order chi connectivity index (χ0) is 8.48. The molecule has 1 rings (SSSR count). The van der Waals surface area contributed by atoms with Gasteiger partial charge in [0.1, 0.15) is 12.6 Å². The highest BCUT2D eigenvalue weighted by Crippen LogP contribution is 2.18. The molecular weight excluding hydrogens is 142 g/mol. The molecule has 0 bridgehead atoms. The molecule has 0 saturated heterocycles. The minimum Gasteiger partial charge on any atom is -0.479 e. The SMILES string of the molecule is CCC1=N[C@@H](C(C)(C)O)CO1. The van der Waals surface area contributed by atoms with Crippen LogP contribution in [-0.2, 0) is 4.74 Å². The molecule has 0 amide bonds. The Morgan fingerprint density at radius 2 is 2.36 bits per heavy atom. The van der Waals surface area contributed by atoms with Crippen LogP contribution >= 0.6 is 0 Å². The topological polar surface area (TPSA) is 41.8 Å². The highest BCUT2D eigenvalue weighted by atomic mass is 16.5. The molecule has 0 fully saturated rings. The van der Waals surface area contributed by atoms with E-state index in [1.807, 2.05) is 6.92 Å². The van der Waals surface area contributed by atoms with Gasteiger partial charge in [-0.05, 0) is 13.8 Å². The Bertz CT molecular complexity index is 169. The number of ether oxygens (including phenoxy) is 1. The van der Waals surface area contributed by atoms with Gasteiger partial charge in [-0.2, -0.15) is 0 Å². The summed E-state index contributed by atoms with van der Waals surface area (Å²) in [5.41, 5.74) is -0.753. The molecule has 1 aliphatic rings. The van der Waals surface area contributed by atoms with Crippen LogP contribution in [0.3, 0.4) is 0 Å². The van der Waals surface area contributed by atoms with Gasteiger partial charge >= 0.3 is 0 Å². The van der Waals surface area contributed by atoms with Crippen molar-refractivity contribution in [2.24, 2.45) is 4.99 Å². The Balaban J connectivity index is 2.59. The zero-order valence-electron chi connectivity index (χ0n) is 7.29. The maximum absolute atomic E-state index is 9.54. The van der Waals surface area contributed by atoms with E-state index < -0.39 is 5.60 Å². The maximum atomic E-state index is 9.54. The minimum atomic E-state index is -0.753. The fourth-order valence-electron chi connectivity index (χ4n) is 0.979. The second kappa shape index (κ2) is 2.81. The molecule has 1 atom stereocenters.